The van der Waals surface area contributed by atoms with E-state index in [9.17, 15) is 9.90 Å². The molecule has 0 aliphatic rings. The monoisotopic (exact) mass is 409 g/mol. The Kier molecular flexibility index (Phi) is 8.26. The van der Waals surface area contributed by atoms with Crippen LogP contribution in [0, 0.1) is 0 Å². The van der Waals surface area contributed by atoms with Crippen molar-refractivity contribution in [1.29, 1.82) is 0 Å². The number of carbonyl (C=O) groups excluding carboxylic acids is 1. The van der Waals surface area contributed by atoms with Crippen LogP contribution in [0.2, 0.25) is 10.0 Å². The van der Waals surface area contributed by atoms with Crippen molar-refractivity contribution >= 4 is 29.1 Å². The number of nitrogens with zero attached hydrogens (tertiary/aromatic N) is 1. The van der Waals surface area contributed by atoms with Gasteiger partial charge in [-0.15, -0.1) is 0 Å². The number of benzene rings is 2. The molecule has 2 aromatic rings. The van der Waals surface area contributed by atoms with Gasteiger partial charge in [-0.2, -0.15) is 0 Å². The topological polar surface area (TPSA) is 49.8 Å². The number of halogens is 2. The second-order valence-electron chi connectivity index (χ2n) is 6.36. The molecule has 6 heteroatoms. The lowest BCUT2D eigenvalue weighted by molar-refractivity contribution is 0.0750. The standard InChI is InChI=1S/C21H25Cl2NO3/c1-3-5-11-24(12-6-4-2)21(26)15-7-9-20(18(25)13-15)27-19-10-8-16(22)14-17(19)23/h7-10,13-14,25H,3-6,11-12H2,1-2H3. The maximum atomic E-state index is 12.8. The highest BCUT2D eigenvalue weighted by atomic mass is 35.5. The normalized spacial score (nSPS) is 10.7. The largest absolute Gasteiger partial charge is 0.504 e. The van der Waals surface area contributed by atoms with E-state index in [1.807, 2.05) is 4.90 Å². The number of carbonyl (C=O) groups is 1. The van der Waals surface area contributed by atoms with Crippen LogP contribution < -0.4 is 4.74 Å². The van der Waals surface area contributed by atoms with E-state index in [2.05, 4.69) is 13.8 Å². The number of phenols is 1. The van der Waals surface area contributed by atoms with Crippen molar-refractivity contribution < 1.29 is 14.6 Å². The number of ether oxygens (including phenoxy) is 1. The lowest BCUT2D eigenvalue weighted by Crippen LogP contribution is -2.32. The third-order valence-electron chi connectivity index (χ3n) is 4.17. The summed E-state index contributed by atoms with van der Waals surface area (Å²) in [7, 11) is 0. The number of rotatable bonds is 9. The molecule has 146 valence electrons. The number of aromatic hydroxyl groups is 1. The van der Waals surface area contributed by atoms with Crippen LogP contribution in [0.5, 0.6) is 17.2 Å². The number of hydrogen-bond acceptors (Lipinski definition) is 3. The lowest BCUT2D eigenvalue weighted by Gasteiger charge is -2.22. The summed E-state index contributed by atoms with van der Waals surface area (Å²) in [6.45, 7) is 5.63. The smallest absolute Gasteiger partial charge is 0.253 e. The van der Waals surface area contributed by atoms with Crippen molar-refractivity contribution in [2.75, 3.05) is 13.1 Å². The molecule has 0 heterocycles. The second-order valence-corrected chi connectivity index (χ2v) is 7.20. The van der Waals surface area contributed by atoms with E-state index < -0.39 is 0 Å². The summed E-state index contributed by atoms with van der Waals surface area (Å²) < 4.78 is 5.65. The van der Waals surface area contributed by atoms with E-state index in [1.54, 1.807) is 30.3 Å². The molecule has 0 aromatic heterocycles. The fraction of sp³-hybridized carbons (Fsp3) is 0.381. The molecular weight excluding hydrogens is 385 g/mol. The Morgan fingerprint density at radius 1 is 1.00 bits per heavy atom. The van der Waals surface area contributed by atoms with E-state index in [0.717, 1.165) is 25.7 Å². The molecule has 0 radical (unpaired) electrons. The fourth-order valence-corrected chi connectivity index (χ4v) is 3.06. The van der Waals surface area contributed by atoms with Crippen molar-refractivity contribution in [2.45, 2.75) is 39.5 Å². The minimum absolute atomic E-state index is 0.0803. The minimum Gasteiger partial charge on any atom is -0.504 e. The molecule has 0 unspecified atom stereocenters. The van der Waals surface area contributed by atoms with Gasteiger partial charge in [0.2, 0.25) is 0 Å². The van der Waals surface area contributed by atoms with Gasteiger partial charge in [-0.05, 0) is 49.2 Å². The Labute approximate surface area is 170 Å². The Hall–Kier alpha value is -1.91. The molecule has 0 spiro atoms. The Morgan fingerprint density at radius 2 is 1.63 bits per heavy atom. The zero-order valence-corrected chi connectivity index (χ0v) is 17.2. The van der Waals surface area contributed by atoms with Crippen LogP contribution in [0.25, 0.3) is 0 Å². The van der Waals surface area contributed by atoms with E-state index in [-0.39, 0.29) is 17.4 Å². The molecule has 1 N–H and O–H groups in total. The summed E-state index contributed by atoms with van der Waals surface area (Å²) in [5.41, 5.74) is 0.439. The zero-order valence-electron chi connectivity index (χ0n) is 15.7. The first kappa shape index (κ1) is 21.4. The Morgan fingerprint density at radius 3 is 2.19 bits per heavy atom. The van der Waals surface area contributed by atoms with Gasteiger partial charge in [0.05, 0.1) is 5.02 Å². The second kappa shape index (κ2) is 10.4. The summed E-state index contributed by atoms with van der Waals surface area (Å²) in [5.74, 6) is 0.411. The molecule has 2 rings (SSSR count). The molecule has 0 fully saturated rings. The van der Waals surface area contributed by atoms with Gasteiger partial charge in [0.25, 0.3) is 5.91 Å². The molecule has 0 aliphatic heterocycles. The van der Waals surface area contributed by atoms with E-state index in [4.69, 9.17) is 27.9 Å². The van der Waals surface area contributed by atoms with Crippen LogP contribution in [0.15, 0.2) is 36.4 Å². The van der Waals surface area contributed by atoms with Crippen LogP contribution in [0.1, 0.15) is 49.9 Å². The number of hydrogen-bond donors (Lipinski definition) is 1. The van der Waals surface area contributed by atoms with E-state index in [0.29, 0.717) is 34.4 Å². The third kappa shape index (κ3) is 6.05. The summed E-state index contributed by atoms with van der Waals surface area (Å²) in [5, 5.41) is 11.2. The molecule has 0 aliphatic carbocycles. The summed E-state index contributed by atoms with van der Waals surface area (Å²) in [6.07, 6.45) is 3.96. The van der Waals surface area contributed by atoms with Crippen molar-refractivity contribution in [3.8, 4) is 17.2 Å². The maximum Gasteiger partial charge on any atom is 0.253 e. The summed E-state index contributed by atoms with van der Waals surface area (Å²) in [4.78, 5) is 14.7. The maximum absolute atomic E-state index is 12.8. The average molecular weight is 410 g/mol. The van der Waals surface area contributed by atoms with Crippen molar-refractivity contribution in [1.82, 2.24) is 4.90 Å². The van der Waals surface area contributed by atoms with Gasteiger partial charge in [0.1, 0.15) is 5.75 Å². The summed E-state index contributed by atoms with van der Waals surface area (Å²) in [6, 6.07) is 9.51. The van der Waals surface area contributed by atoms with Gasteiger partial charge in [-0.25, -0.2) is 0 Å². The molecule has 2 aromatic carbocycles. The first-order valence-corrected chi connectivity index (χ1v) is 9.97. The molecular formula is C21H25Cl2NO3. The average Bonchev–Trinajstić information content (AvgIpc) is 2.65. The van der Waals surface area contributed by atoms with Crippen LogP contribution in [0.4, 0.5) is 0 Å². The van der Waals surface area contributed by atoms with E-state index in [1.165, 1.54) is 6.07 Å². The summed E-state index contributed by atoms with van der Waals surface area (Å²) >= 11 is 12.0. The molecule has 1 amide bonds. The van der Waals surface area contributed by atoms with Gasteiger partial charge in [0.15, 0.2) is 11.5 Å². The number of amides is 1. The van der Waals surface area contributed by atoms with E-state index >= 15 is 0 Å². The van der Waals surface area contributed by atoms with Gasteiger partial charge < -0.3 is 14.7 Å². The number of unbranched alkanes of at least 4 members (excludes halogenated alkanes) is 2. The quantitative estimate of drug-likeness (QED) is 0.511. The van der Waals surface area contributed by atoms with Crippen LogP contribution in [0.3, 0.4) is 0 Å². The molecule has 0 bridgehead atoms. The van der Waals surface area contributed by atoms with Crippen LogP contribution in [-0.2, 0) is 0 Å². The first-order chi connectivity index (χ1) is 13.0. The highest BCUT2D eigenvalue weighted by Crippen LogP contribution is 2.36. The lowest BCUT2D eigenvalue weighted by atomic mass is 10.1. The molecule has 4 nitrogen and oxygen atoms in total. The molecule has 0 saturated heterocycles. The fourth-order valence-electron chi connectivity index (χ4n) is 2.61. The SMILES string of the molecule is CCCCN(CCCC)C(=O)c1ccc(Oc2ccc(Cl)cc2Cl)c(O)c1. The Balaban J connectivity index is 2.17. The Bertz CT molecular complexity index is 772. The van der Waals surface area contributed by atoms with Gasteiger partial charge in [-0.3, -0.25) is 4.79 Å². The molecule has 0 atom stereocenters. The van der Waals surface area contributed by atoms with Crippen molar-refractivity contribution in [3.63, 3.8) is 0 Å². The predicted molar refractivity (Wildman–Crippen MR) is 110 cm³/mol. The van der Waals surface area contributed by atoms with Crippen molar-refractivity contribution in [3.05, 3.63) is 52.0 Å². The first-order valence-electron chi connectivity index (χ1n) is 9.21. The van der Waals surface area contributed by atoms with Crippen molar-refractivity contribution in [2.24, 2.45) is 0 Å². The van der Waals surface area contributed by atoms with Crippen LogP contribution in [-0.4, -0.2) is 29.0 Å². The molecule has 27 heavy (non-hydrogen) atoms. The van der Waals surface area contributed by atoms with Gasteiger partial charge in [-0.1, -0.05) is 49.9 Å². The van der Waals surface area contributed by atoms with Crippen LogP contribution >= 0.6 is 23.2 Å². The van der Waals surface area contributed by atoms with Gasteiger partial charge in [0, 0.05) is 23.7 Å². The van der Waals surface area contributed by atoms with Gasteiger partial charge >= 0.3 is 0 Å². The third-order valence-corrected chi connectivity index (χ3v) is 4.70. The number of phenolic OH excluding ortho intramolecular Hbond substituents is 1. The molecule has 0 saturated carbocycles. The zero-order chi connectivity index (χ0) is 19.8. The minimum atomic E-state index is -0.113. The predicted octanol–water partition coefficient (Wildman–Crippen LogP) is 6.53. The highest BCUT2D eigenvalue weighted by Gasteiger charge is 2.17. The highest BCUT2D eigenvalue weighted by molar-refractivity contribution is 6.35.